The largest absolute Gasteiger partial charge is 0.353 e. The van der Waals surface area contributed by atoms with E-state index >= 15 is 0 Å². The summed E-state index contributed by atoms with van der Waals surface area (Å²) in [6.45, 7) is 8.49. The number of rotatable bonds is 9. The topological polar surface area (TPSA) is 66.9 Å². The zero-order chi connectivity index (χ0) is 18.2. The van der Waals surface area contributed by atoms with Crippen LogP contribution >= 0.6 is 23.1 Å². The van der Waals surface area contributed by atoms with Crippen molar-refractivity contribution in [3.8, 4) is 0 Å². The van der Waals surface area contributed by atoms with Crippen LogP contribution in [0.2, 0.25) is 0 Å². The van der Waals surface area contributed by atoms with Gasteiger partial charge in [-0.3, -0.25) is 4.79 Å². The lowest BCUT2D eigenvalue weighted by Crippen LogP contribution is -2.33. The van der Waals surface area contributed by atoms with Crippen molar-refractivity contribution in [2.24, 2.45) is 5.92 Å². The number of benzene rings is 1. The Kier molecular flexibility index (Phi) is 7.71. The smallest absolute Gasteiger partial charge is 0.230 e. The highest BCUT2D eigenvalue weighted by molar-refractivity contribution is 8.01. The molecule has 136 valence electrons. The number of hydrogen-bond acceptors (Lipinski definition) is 6. The zero-order valence-corrected chi connectivity index (χ0v) is 16.8. The molecule has 2 N–H and O–H groups in total. The molecule has 0 unspecified atom stereocenters. The number of aromatic nitrogens is 2. The van der Waals surface area contributed by atoms with E-state index in [-0.39, 0.29) is 11.9 Å². The van der Waals surface area contributed by atoms with Gasteiger partial charge in [-0.1, -0.05) is 55.1 Å². The van der Waals surface area contributed by atoms with Crippen LogP contribution in [-0.2, 0) is 4.79 Å². The molecule has 7 heteroatoms. The van der Waals surface area contributed by atoms with Crippen molar-refractivity contribution in [1.82, 2.24) is 15.5 Å². The Morgan fingerprint density at radius 1 is 1.20 bits per heavy atom. The number of aryl methyl sites for hydroxylation is 1. The number of para-hydroxylation sites is 1. The van der Waals surface area contributed by atoms with Gasteiger partial charge in [0.15, 0.2) is 4.34 Å². The number of nitrogens with one attached hydrogen (secondary N) is 2. The molecule has 0 fully saturated rings. The van der Waals surface area contributed by atoms with Crippen molar-refractivity contribution >= 4 is 39.8 Å². The van der Waals surface area contributed by atoms with Gasteiger partial charge in [-0.05, 0) is 44.2 Å². The molecular formula is C18H26N4OS2. The van der Waals surface area contributed by atoms with Gasteiger partial charge in [0, 0.05) is 11.7 Å². The number of carbonyl (C=O) groups excluding carboxylic acids is 1. The summed E-state index contributed by atoms with van der Waals surface area (Å²) in [4.78, 5) is 12.0. The van der Waals surface area contributed by atoms with Crippen molar-refractivity contribution in [2.75, 3.05) is 11.1 Å². The van der Waals surface area contributed by atoms with Crippen LogP contribution in [-0.4, -0.2) is 27.9 Å². The molecule has 0 saturated carbocycles. The lowest BCUT2D eigenvalue weighted by atomic mass is 10.0. The Bertz CT molecular complexity index is 687. The third-order valence-corrected chi connectivity index (χ3v) is 5.68. The number of hydrogen-bond donors (Lipinski definition) is 2. The minimum Gasteiger partial charge on any atom is -0.353 e. The summed E-state index contributed by atoms with van der Waals surface area (Å²) in [5, 5.41) is 15.3. The molecule has 25 heavy (non-hydrogen) atoms. The van der Waals surface area contributed by atoms with Gasteiger partial charge >= 0.3 is 0 Å². The molecule has 0 bridgehead atoms. The van der Waals surface area contributed by atoms with Gasteiger partial charge in [0.25, 0.3) is 0 Å². The third kappa shape index (κ3) is 7.04. The normalized spacial score (nSPS) is 12.2. The van der Waals surface area contributed by atoms with E-state index in [1.807, 2.05) is 31.2 Å². The van der Waals surface area contributed by atoms with Crippen molar-refractivity contribution in [3.63, 3.8) is 0 Å². The first-order chi connectivity index (χ1) is 11.9. The Morgan fingerprint density at radius 2 is 1.96 bits per heavy atom. The van der Waals surface area contributed by atoms with E-state index < -0.39 is 0 Å². The minimum absolute atomic E-state index is 0.0462. The van der Waals surface area contributed by atoms with E-state index in [1.54, 1.807) is 0 Å². The maximum atomic E-state index is 12.0. The highest BCUT2D eigenvalue weighted by atomic mass is 32.2. The van der Waals surface area contributed by atoms with E-state index in [1.165, 1.54) is 23.1 Å². The maximum Gasteiger partial charge on any atom is 0.230 e. The van der Waals surface area contributed by atoms with E-state index in [2.05, 4.69) is 41.6 Å². The maximum absolute atomic E-state index is 12.0. The quantitative estimate of drug-likeness (QED) is 0.623. The molecule has 2 aromatic rings. The summed E-state index contributed by atoms with van der Waals surface area (Å²) in [5.74, 6) is 1.07. The van der Waals surface area contributed by atoms with Crippen LogP contribution in [0.1, 0.15) is 39.2 Å². The summed E-state index contributed by atoms with van der Waals surface area (Å²) >= 11 is 2.88. The minimum atomic E-state index is 0.0462. The second kappa shape index (κ2) is 9.77. The van der Waals surface area contributed by atoms with Crippen LogP contribution in [0.25, 0.3) is 0 Å². The first-order valence-corrected chi connectivity index (χ1v) is 10.3. The summed E-state index contributed by atoms with van der Waals surface area (Å²) < 4.78 is 0.793. The van der Waals surface area contributed by atoms with E-state index in [0.29, 0.717) is 11.7 Å². The molecular weight excluding hydrogens is 352 g/mol. The van der Waals surface area contributed by atoms with Crippen LogP contribution in [0, 0.1) is 12.8 Å². The Hall–Kier alpha value is -1.60. The number of thioether (sulfide) groups is 1. The number of nitrogens with zero attached hydrogens (tertiary/aromatic N) is 2. The molecule has 0 aliphatic carbocycles. The predicted octanol–water partition coefficient (Wildman–Crippen LogP) is 4.62. The number of carbonyl (C=O) groups is 1. The summed E-state index contributed by atoms with van der Waals surface area (Å²) in [7, 11) is 0. The van der Waals surface area contributed by atoms with Crippen LogP contribution in [0.4, 0.5) is 10.8 Å². The third-order valence-electron chi connectivity index (χ3n) is 3.70. The molecule has 1 aromatic carbocycles. The van der Waals surface area contributed by atoms with Gasteiger partial charge in [0.1, 0.15) is 0 Å². The second-order valence-electron chi connectivity index (χ2n) is 6.54. The van der Waals surface area contributed by atoms with Crippen LogP contribution < -0.4 is 10.6 Å². The van der Waals surface area contributed by atoms with E-state index in [4.69, 9.17) is 0 Å². The molecule has 2 rings (SSSR count). The van der Waals surface area contributed by atoms with E-state index in [9.17, 15) is 4.79 Å². The molecule has 1 heterocycles. The molecule has 1 amide bonds. The van der Waals surface area contributed by atoms with Crippen LogP contribution in [0.3, 0.4) is 0 Å². The van der Waals surface area contributed by atoms with Crippen molar-refractivity contribution in [2.45, 2.75) is 50.9 Å². The standard InChI is InChI=1S/C18H26N4OS2/c1-12(2)9-10-14(4)19-16(23)11-24-18-22-21-17(25-18)20-15-8-6-5-7-13(15)3/h5-8,12,14H,9-11H2,1-4H3,(H,19,23)(H,20,21)/t14-/m0/s1. The molecule has 0 radical (unpaired) electrons. The molecule has 1 atom stereocenters. The monoisotopic (exact) mass is 378 g/mol. The van der Waals surface area contributed by atoms with Gasteiger partial charge in [-0.15, -0.1) is 10.2 Å². The van der Waals surface area contributed by atoms with Crippen LogP contribution in [0.15, 0.2) is 28.6 Å². The Balaban J connectivity index is 1.77. The fourth-order valence-electron chi connectivity index (χ4n) is 2.25. The van der Waals surface area contributed by atoms with Crippen molar-refractivity contribution in [3.05, 3.63) is 29.8 Å². The van der Waals surface area contributed by atoms with Gasteiger partial charge in [-0.25, -0.2) is 0 Å². The molecule has 5 nitrogen and oxygen atoms in total. The fraction of sp³-hybridized carbons (Fsp3) is 0.500. The summed E-state index contributed by atoms with van der Waals surface area (Å²) in [5.41, 5.74) is 2.17. The number of anilines is 2. The van der Waals surface area contributed by atoms with Crippen molar-refractivity contribution < 1.29 is 4.79 Å². The highest BCUT2D eigenvalue weighted by Crippen LogP contribution is 2.28. The first-order valence-electron chi connectivity index (χ1n) is 8.52. The lowest BCUT2D eigenvalue weighted by Gasteiger charge is -2.14. The molecule has 0 saturated heterocycles. The molecule has 1 aromatic heterocycles. The fourth-order valence-corrected chi connectivity index (χ4v) is 3.82. The van der Waals surface area contributed by atoms with Crippen molar-refractivity contribution in [1.29, 1.82) is 0 Å². The lowest BCUT2D eigenvalue weighted by molar-refractivity contribution is -0.119. The summed E-state index contributed by atoms with van der Waals surface area (Å²) in [6, 6.07) is 8.25. The average molecular weight is 379 g/mol. The van der Waals surface area contributed by atoms with Gasteiger partial charge in [-0.2, -0.15) is 0 Å². The molecule has 0 aliphatic heterocycles. The van der Waals surface area contributed by atoms with Gasteiger partial charge in [0.05, 0.1) is 5.75 Å². The average Bonchev–Trinajstić information content (AvgIpc) is 3.01. The molecule has 0 aliphatic rings. The van der Waals surface area contributed by atoms with Gasteiger partial charge < -0.3 is 10.6 Å². The SMILES string of the molecule is Cc1ccccc1Nc1nnc(SCC(=O)N[C@@H](C)CCC(C)C)s1. The highest BCUT2D eigenvalue weighted by Gasteiger charge is 2.11. The zero-order valence-electron chi connectivity index (χ0n) is 15.2. The number of amides is 1. The Labute approximate surface area is 158 Å². The molecule has 0 spiro atoms. The first kappa shape index (κ1) is 19.7. The second-order valence-corrected chi connectivity index (χ2v) is 8.74. The van der Waals surface area contributed by atoms with Gasteiger partial charge in [0.2, 0.25) is 11.0 Å². The summed E-state index contributed by atoms with van der Waals surface area (Å²) in [6.07, 6.45) is 2.14. The Morgan fingerprint density at radius 3 is 2.68 bits per heavy atom. The van der Waals surface area contributed by atoms with E-state index in [0.717, 1.165) is 33.6 Å². The predicted molar refractivity (Wildman–Crippen MR) is 107 cm³/mol. The van der Waals surface area contributed by atoms with Crippen LogP contribution in [0.5, 0.6) is 0 Å².